The molecular weight excluding hydrogens is 414 g/mol. The van der Waals surface area contributed by atoms with Gasteiger partial charge in [-0.15, -0.1) is 11.3 Å². The molecule has 7 heteroatoms. The highest BCUT2D eigenvalue weighted by molar-refractivity contribution is 7.20. The standard InChI is InChI=1S/C24H23NO5S/c1-2-29-24(28)19-15-20(18-11-7-4-8-12-18)31-23(19)25-21(26)16-30-22(27)14-13-17-9-5-3-6-10-17/h3-12,15H,2,13-14,16H2,1H3,(H,25,26). The van der Waals surface area contributed by atoms with Crippen molar-refractivity contribution in [3.05, 3.63) is 77.9 Å². The number of amides is 1. The van der Waals surface area contributed by atoms with Gasteiger partial charge >= 0.3 is 11.9 Å². The number of esters is 2. The van der Waals surface area contributed by atoms with Gasteiger partial charge in [-0.25, -0.2) is 4.79 Å². The molecule has 0 aliphatic rings. The van der Waals surface area contributed by atoms with Crippen LogP contribution in [0.4, 0.5) is 5.00 Å². The molecule has 1 amide bonds. The molecule has 0 saturated heterocycles. The average Bonchev–Trinajstić information content (AvgIpc) is 3.21. The Morgan fingerprint density at radius 1 is 0.935 bits per heavy atom. The maximum Gasteiger partial charge on any atom is 0.341 e. The van der Waals surface area contributed by atoms with Crippen molar-refractivity contribution in [3.8, 4) is 10.4 Å². The number of anilines is 1. The lowest BCUT2D eigenvalue weighted by Gasteiger charge is -2.07. The van der Waals surface area contributed by atoms with E-state index >= 15 is 0 Å². The van der Waals surface area contributed by atoms with Crippen LogP contribution in [0.1, 0.15) is 29.3 Å². The SMILES string of the molecule is CCOC(=O)c1cc(-c2ccccc2)sc1NC(=O)COC(=O)CCc1ccccc1. The van der Waals surface area contributed by atoms with Gasteiger partial charge < -0.3 is 14.8 Å². The van der Waals surface area contributed by atoms with Gasteiger partial charge in [0.05, 0.1) is 12.2 Å². The second kappa shape index (κ2) is 11.1. The molecule has 0 saturated carbocycles. The van der Waals surface area contributed by atoms with Crippen molar-refractivity contribution < 1.29 is 23.9 Å². The largest absolute Gasteiger partial charge is 0.462 e. The van der Waals surface area contributed by atoms with Crippen LogP contribution in [0.3, 0.4) is 0 Å². The number of carbonyl (C=O) groups excluding carboxylic acids is 3. The minimum absolute atomic E-state index is 0.183. The highest BCUT2D eigenvalue weighted by Gasteiger charge is 2.20. The zero-order chi connectivity index (χ0) is 22.1. The molecule has 0 atom stereocenters. The molecule has 0 aliphatic heterocycles. The van der Waals surface area contributed by atoms with Crippen LogP contribution in [0.5, 0.6) is 0 Å². The summed E-state index contributed by atoms with van der Waals surface area (Å²) in [6, 6.07) is 20.8. The van der Waals surface area contributed by atoms with E-state index in [9.17, 15) is 14.4 Å². The van der Waals surface area contributed by atoms with Crippen LogP contribution in [0.15, 0.2) is 66.7 Å². The third kappa shape index (κ3) is 6.52. The molecule has 2 aromatic carbocycles. The van der Waals surface area contributed by atoms with Gasteiger partial charge in [-0.05, 0) is 30.5 Å². The van der Waals surface area contributed by atoms with Crippen LogP contribution in [0.2, 0.25) is 0 Å². The molecular formula is C24H23NO5S. The van der Waals surface area contributed by atoms with Gasteiger partial charge in [0.2, 0.25) is 0 Å². The molecule has 6 nitrogen and oxygen atoms in total. The number of carbonyl (C=O) groups is 3. The molecule has 0 unspecified atom stereocenters. The summed E-state index contributed by atoms with van der Waals surface area (Å²) in [7, 11) is 0. The van der Waals surface area contributed by atoms with Crippen molar-refractivity contribution in [2.75, 3.05) is 18.5 Å². The van der Waals surface area contributed by atoms with Gasteiger partial charge in [0.1, 0.15) is 5.00 Å². The fourth-order valence-corrected chi connectivity index (χ4v) is 3.93. The lowest BCUT2D eigenvalue weighted by atomic mass is 10.1. The molecule has 0 bridgehead atoms. The fourth-order valence-electron chi connectivity index (χ4n) is 2.86. The minimum Gasteiger partial charge on any atom is -0.462 e. The Labute approximate surface area is 184 Å². The normalized spacial score (nSPS) is 10.4. The van der Waals surface area contributed by atoms with Crippen molar-refractivity contribution in [2.45, 2.75) is 19.8 Å². The highest BCUT2D eigenvalue weighted by Crippen LogP contribution is 2.35. The topological polar surface area (TPSA) is 81.7 Å². The van der Waals surface area contributed by atoms with Crippen molar-refractivity contribution in [1.82, 2.24) is 0 Å². The highest BCUT2D eigenvalue weighted by atomic mass is 32.1. The van der Waals surface area contributed by atoms with Crippen LogP contribution in [-0.2, 0) is 25.5 Å². The number of benzene rings is 2. The van der Waals surface area contributed by atoms with E-state index in [1.807, 2.05) is 60.7 Å². The number of rotatable bonds is 9. The first-order valence-electron chi connectivity index (χ1n) is 9.92. The maximum absolute atomic E-state index is 12.3. The Hall–Kier alpha value is -3.45. The summed E-state index contributed by atoms with van der Waals surface area (Å²) in [5.74, 6) is -1.49. The minimum atomic E-state index is -0.518. The summed E-state index contributed by atoms with van der Waals surface area (Å²) in [4.78, 5) is 37.4. The lowest BCUT2D eigenvalue weighted by Crippen LogP contribution is -2.21. The van der Waals surface area contributed by atoms with Crippen molar-refractivity contribution >= 4 is 34.2 Å². The molecule has 1 aromatic heterocycles. The van der Waals surface area contributed by atoms with Crippen molar-refractivity contribution in [1.29, 1.82) is 0 Å². The first kappa shape index (κ1) is 22.2. The first-order chi connectivity index (χ1) is 15.1. The molecule has 3 aromatic rings. The number of hydrogen-bond acceptors (Lipinski definition) is 6. The van der Waals surface area contributed by atoms with E-state index < -0.39 is 24.5 Å². The molecule has 0 spiro atoms. The Balaban J connectivity index is 1.61. The summed E-state index contributed by atoms with van der Waals surface area (Å²) in [6.45, 7) is 1.52. The predicted octanol–water partition coefficient (Wildman–Crippen LogP) is 4.71. The van der Waals surface area contributed by atoms with Gasteiger partial charge in [-0.3, -0.25) is 9.59 Å². The summed E-state index contributed by atoms with van der Waals surface area (Å²) < 4.78 is 10.2. The van der Waals surface area contributed by atoms with Gasteiger partial charge in [0, 0.05) is 11.3 Å². The van der Waals surface area contributed by atoms with E-state index in [1.165, 1.54) is 11.3 Å². The van der Waals surface area contributed by atoms with Gasteiger partial charge in [-0.2, -0.15) is 0 Å². The van der Waals surface area contributed by atoms with Gasteiger partial charge in [-0.1, -0.05) is 60.7 Å². The van der Waals surface area contributed by atoms with Crippen LogP contribution >= 0.6 is 11.3 Å². The number of thiophene rings is 1. The Morgan fingerprint density at radius 2 is 1.61 bits per heavy atom. The summed E-state index contributed by atoms with van der Waals surface area (Å²) >= 11 is 1.26. The molecule has 1 heterocycles. The molecule has 1 N–H and O–H groups in total. The van der Waals surface area contributed by atoms with E-state index in [0.717, 1.165) is 16.0 Å². The quantitative estimate of drug-likeness (QED) is 0.491. The lowest BCUT2D eigenvalue weighted by molar-refractivity contribution is -0.147. The second-order valence-corrected chi connectivity index (χ2v) is 7.69. The average molecular weight is 438 g/mol. The molecule has 0 radical (unpaired) electrons. The number of nitrogens with one attached hydrogen (secondary N) is 1. The van der Waals surface area contributed by atoms with Crippen LogP contribution in [0, 0.1) is 0 Å². The number of ether oxygens (including phenoxy) is 2. The zero-order valence-electron chi connectivity index (χ0n) is 17.1. The smallest absolute Gasteiger partial charge is 0.341 e. The number of hydrogen-bond donors (Lipinski definition) is 1. The van der Waals surface area contributed by atoms with Crippen LogP contribution in [-0.4, -0.2) is 31.1 Å². The summed E-state index contributed by atoms with van der Waals surface area (Å²) in [5.41, 5.74) is 2.22. The van der Waals surface area contributed by atoms with E-state index in [0.29, 0.717) is 11.4 Å². The van der Waals surface area contributed by atoms with Crippen LogP contribution in [0.25, 0.3) is 10.4 Å². The number of aryl methyl sites for hydroxylation is 1. The Bertz CT molecular complexity index is 1030. The van der Waals surface area contributed by atoms with Crippen LogP contribution < -0.4 is 5.32 Å². The molecule has 160 valence electrons. The van der Waals surface area contributed by atoms with Crippen molar-refractivity contribution in [3.63, 3.8) is 0 Å². The van der Waals surface area contributed by atoms with E-state index in [4.69, 9.17) is 9.47 Å². The fraction of sp³-hybridized carbons (Fsp3) is 0.208. The van der Waals surface area contributed by atoms with Crippen molar-refractivity contribution in [2.24, 2.45) is 0 Å². The zero-order valence-corrected chi connectivity index (χ0v) is 17.9. The molecule has 31 heavy (non-hydrogen) atoms. The third-order valence-electron chi connectivity index (χ3n) is 4.36. The van der Waals surface area contributed by atoms with Gasteiger partial charge in [0.15, 0.2) is 6.61 Å². The van der Waals surface area contributed by atoms with E-state index in [1.54, 1.807) is 13.0 Å². The second-order valence-electron chi connectivity index (χ2n) is 6.63. The third-order valence-corrected chi connectivity index (χ3v) is 5.46. The summed E-state index contributed by atoms with van der Waals surface area (Å²) in [6.07, 6.45) is 0.724. The molecule has 0 aliphatic carbocycles. The first-order valence-corrected chi connectivity index (χ1v) is 10.7. The van der Waals surface area contributed by atoms with E-state index in [2.05, 4.69) is 5.32 Å². The predicted molar refractivity (Wildman–Crippen MR) is 120 cm³/mol. The van der Waals surface area contributed by atoms with E-state index in [-0.39, 0.29) is 18.6 Å². The Morgan fingerprint density at radius 3 is 2.29 bits per heavy atom. The molecule has 0 fully saturated rings. The Kier molecular flexibility index (Phi) is 7.95. The monoisotopic (exact) mass is 437 g/mol. The molecule has 3 rings (SSSR count). The maximum atomic E-state index is 12.3. The summed E-state index contributed by atoms with van der Waals surface area (Å²) in [5, 5.41) is 3.03. The van der Waals surface area contributed by atoms with Gasteiger partial charge in [0.25, 0.3) is 5.91 Å².